The molecule has 0 aliphatic carbocycles. The van der Waals surface area contributed by atoms with Crippen LogP contribution in [0.15, 0.2) is 59.1 Å². The van der Waals surface area contributed by atoms with Crippen molar-refractivity contribution in [2.45, 2.75) is 6.92 Å². The molecule has 0 fully saturated rings. The second kappa shape index (κ2) is 9.60. The van der Waals surface area contributed by atoms with E-state index in [-0.39, 0.29) is 23.2 Å². The average molecular weight is 345 g/mol. The minimum absolute atomic E-state index is 0.0582. The lowest BCUT2D eigenvalue weighted by atomic mass is 10.3. The molecule has 1 aromatic heterocycles. The first-order valence-electron chi connectivity index (χ1n) is 7.03. The van der Waals surface area contributed by atoms with Crippen LogP contribution in [-0.2, 0) is 14.3 Å². The van der Waals surface area contributed by atoms with E-state index in [2.05, 4.69) is 43.7 Å². The summed E-state index contributed by atoms with van der Waals surface area (Å²) in [5.74, 6) is 0.367. The van der Waals surface area contributed by atoms with Gasteiger partial charge in [0.2, 0.25) is 5.91 Å². The van der Waals surface area contributed by atoms with Crippen molar-refractivity contribution in [1.29, 1.82) is 0 Å². The Morgan fingerprint density at radius 3 is 2.40 bits per heavy atom. The molecule has 2 amide bonds. The van der Waals surface area contributed by atoms with Gasteiger partial charge in [-0.2, -0.15) is 0 Å². The Hall–Kier alpha value is -3.49. The summed E-state index contributed by atoms with van der Waals surface area (Å²) >= 11 is 0. The van der Waals surface area contributed by atoms with Gasteiger partial charge >= 0.3 is 6.09 Å². The third-order valence-electron chi connectivity index (χ3n) is 2.70. The van der Waals surface area contributed by atoms with Gasteiger partial charge in [-0.25, -0.2) is 9.78 Å². The summed E-state index contributed by atoms with van der Waals surface area (Å²) < 4.78 is 9.64. The SMILES string of the molecule is C=C/C(N=Nc1ccc(NC(C)=O)nc1NC(=O)OC)=C(\C=C)OC. The van der Waals surface area contributed by atoms with Crippen LogP contribution in [0.5, 0.6) is 0 Å². The second-order valence-corrected chi connectivity index (χ2v) is 4.42. The lowest BCUT2D eigenvalue weighted by Crippen LogP contribution is -2.14. The van der Waals surface area contributed by atoms with Gasteiger partial charge in [0.1, 0.15) is 23.0 Å². The van der Waals surface area contributed by atoms with E-state index in [4.69, 9.17) is 4.74 Å². The second-order valence-electron chi connectivity index (χ2n) is 4.42. The molecule has 1 heterocycles. The quantitative estimate of drug-likeness (QED) is 0.446. The van der Waals surface area contributed by atoms with E-state index in [9.17, 15) is 9.59 Å². The summed E-state index contributed by atoms with van der Waals surface area (Å²) in [5, 5.41) is 12.9. The normalized spacial score (nSPS) is 11.3. The fourth-order valence-corrected chi connectivity index (χ4v) is 1.61. The van der Waals surface area contributed by atoms with E-state index < -0.39 is 6.09 Å². The number of allylic oxidation sites excluding steroid dienone is 2. The third kappa shape index (κ3) is 5.90. The molecule has 2 N–H and O–H groups in total. The molecular formula is C16H19N5O4. The highest BCUT2D eigenvalue weighted by Crippen LogP contribution is 2.26. The summed E-state index contributed by atoms with van der Waals surface area (Å²) in [6.07, 6.45) is 2.16. The largest absolute Gasteiger partial charge is 0.494 e. The Kier molecular flexibility index (Phi) is 7.51. The standard InChI is InChI=1S/C16H19N5O4/c1-6-11(13(7-2)24-4)20-21-12-8-9-14(17-10(3)22)18-15(12)19-16(23)25-5/h6-9H,1-2H2,3-5H3,(H2,17,18,19,22,23)/b13-11-,21-20?. The highest BCUT2D eigenvalue weighted by Gasteiger charge is 2.11. The number of carbonyl (C=O) groups is 2. The van der Waals surface area contributed by atoms with Crippen molar-refractivity contribution in [3.63, 3.8) is 0 Å². The molecule has 132 valence electrons. The number of azo groups is 1. The van der Waals surface area contributed by atoms with E-state index in [1.54, 1.807) is 0 Å². The first-order valence-corrected chi connectivity index (χ1v) is 7.03. The molecule has 9 nitrogen and oxygen atoms in total. The van der Waals surface area contributed by atoms with Crippen molar-refractivity contribution in [2.24, 2.45) is 10.2 Å². The van der Waals surface area contributed by atoms with Gasteiger partial charge in [0.15, 0.2) is 5.82 Å². The van der Waals surface area contributed by atoms with Gasteiger partial charge in [0.05, 0.1) is 14.2 Å². The van der Waals surface area contributed by atoms with Crippen molar-refractivity contribution >= 4 is 29.3 Å². The number of pyridine rings is 1. The number of methoxy groups -OCH3 is 2. The zero-order valence-corrected chi connectivity index (χ0v) is 14.2. The van der Waals surface area contributed by atoms with Crippen LogP contribution in [0.25, 0.3) is 0 Å². The number of hydrogen-bond acceptors (Lipinski definition) is 7. The molecule has 0 aromatic carbocycles. The summed E-state index contributed by atoms with van der Waals surface area (Å²) in [7, 11) is 2.67. The van der Waals surface area contributed by atoms with Crippen LogP contribution in [0.4, 0.5) is 22.1 Å². The zero-order chi connectivity index (χ0) is 18.8. The van der Waals surface area contributed by atoms with Crippen LogP contribution in [-0.4, -0.2) is 31.2 Å². The molecule has 0 saturated carbocycles. The van der Waals surface area contributed by atoms with E-state index in [0.29, 0.717) is 11.5 Å². The predicted molar refractivity (Wildman–Crippen MR) is 93.5 cm³/mol. The van der Waals surface area contributed by atoms with Crippen molar-refractivity contribution in [2.75, 3.05) is 24.9 Å². The maximum absolute atomic E-state index is 11.5. The van der Waals surface area contributed by atoms with Gasteiger partial charge < -0.3 is 14.8 Å². The van der Waals surface area contributed by atoms with Crippen LogP contribution in [0.1, 0.15) is 6.92 Å². The van der Waals surface area contributed by atoms with E-state index in [1.807, 2.05) is 0 Å². The maximum Gasteiger partial charge on any atom is 0.412 e. The van der Waals surface area contributed by atoms with Crippen molar-refractivity contribution in [3.8, 4) is 0 Å². The van der Waals surface area contributed by atoms with Crippen LogP contribution in [0, 0.1) is 0 Å². The number of nitrogens with zero attached hydrogens (tertiary/aromatic N) is 3. The Bertz CT molecular complexity index is 740. The number of carbonyl (C=O) groups excluding carboxylic acids is 2. The first-order chi connectivity index (χ1) is 11.9. The van der Waals surface area contributed by atoms with Crippen molar-refractivity contribution < 1.29 is 19.1 Å². The number of amides is 2. The van der Waals surface area contributed by atoms with E-state index >= 15 is 0 Å². The molecule has 1 aromatic rings. The topological polar surface area (TPSA) is 114 Å². The Morgan fingerprint density at radius 1 is 1.16 bits per heavy atom. The third-order valence-corrected chi connectivity index (χ3v) is 2.70. The summed E-state index contributed by atoms with van der Waals surface area (Å²) in [6, 6.07) is 3.04. The fourth-order valence-electron chi connectivity index (χ4n) is 1.61. The molecule has 0 radical (unpaired) electrons. The minimum Gasteiger partial charge on any atom is -0.494 e. The number of ether oxygens (including phenoxy) is 2. The summed E-state index contributed by atoms with van der Waals surface area (Å²) in [5.41, 5.74) is 0.575. The van der Waals surface area contributed by atoms with Crippen LogP contribution >= 0.6 is 0 Å². The van der Waals surface area contributed by atoms with Crippen molar-refractivity contribution in [3.05, 3.63) is 48.9 Å². The number of aromatic nitrogens is 1. The van der Waals surface area contributed by atoms with Gasteiger partial charge in [0, 0.05) is 6.92 Å². The Morgan fingerprint density at radius 2 is 1.88 bits per heavy atom. The fraction of sp³-hybridized carbons (Fsp3) is 0.188. The minimum atomic E-state index is -0.743. The molecule has 0 aliphatic heterocycles. The molecular weight excluding hydrogens is 326 g/mol. The van der Waals surface area contributed by atoms with E-state index in [0.717, 1.165) is 0 Å². The van der Waals surface area contributed by atoms with E-state index in [1.165, 1.54) is 45.4 Å². The molecule has 9 heteroatoms. The maximum atomic E-state index is 11.5. The summed E-state index contributed by atoms with van der Waals surface area (Å²) in [4.78, 5) is 26.7. The van der Waals surface area contributed by atoms with Gasteiger partial charge in [-0.3, -0.25) is 10.1 Å². The van der Waals surface area contributed by atoms with Crippen LogP contribution < -0.4 is 10.6 Å². The average Bonchev–Trinajstić information content (AvgIpc) is 2.59. The molecule has 0 atom stereocenters. The molecule has 1 rings (SSSR count). The van der Waals surface area contributed by atoms with Gasteiger partial charge in [-0.15, -0.1) is 10.2 Å². The first kappa shape index (κ1) is 19.6. The van der Waals surface area contributed by atoms with Crippen LogP contribution in [0.3, 0.4) is 0 Å². The van der Waals surface area contributed by atoms with Gasteiger partial charge in [0.25, 0.3) is 0 Å². The monoisotopic (exact) mass is 345 g/mol. The number of hydrogen-bond donors (Lipinski definition) is 2. The number of rotatable bonds is 7. The number of anilines is 2. The molecule has 0 unspecified atom stereocenters. The molecule has 0 saturated heterocycles. The number of nitrogens with one attached hydrogen (secondary N) is 2. The Labute approximate surface area is 145 Å². The molecule has 25 heavy (non-hydrogen) atoms. The zero-order valence-electron chi connectivity index (χ0n) is 14.2. The predicted octanol–water partition coefficient (Wildman–Crippen LogP) is 3.53. The highest BCUT2D eigenvalue weighted by atomic mass is 16.5. The molecule has 0 aliphatic rings. The lowest BCUT2D eigenvalue weighted by Gasteiger charge is -2.08. The van der Waals surface area contributed by atoms with Crippen LogP contribution in [0.2, 0.25) is 0 Å². The lowest BCUT2D eigenvalue weighted by molar-refractivity contribution is -0.114. The highest BCUT2D eigenvalue weighted by molar-refractivity contribution is 5.90. The molecule has 0 spiro atoms. The molecule has 0 bridgehead atoms. The van der Waals surface area contributed by atoms with Crippen molar-refractivity contribution in [1.82, 2.24) is 4.98 Å². The summed E-state index contributed by atoms with van der Waals surface area (Å²) in [6.45, 7) is 8.57. The van der Waals surface area contributed by atoms with Gasteiger partial charge in [-0.05, 0) is 24.3 Å². The smallest absolute Gasteiger partial charge is 0.412 e. The Balaban J connectivity index is 3.27. The van der Waals surface area contributed by atoms with Gasteiger partial charge in [-0.1, -0.05) is 13.2 Å².